The molecule has 0 spiro atoms. The van der Waals surface area contributed by atoms with Crippen LogP contribution in [0.4, 0.5) is 8.78 Å². The van der Waals surface area contributed by atoms with E-state index in [0.29, 0.717) is 36.5 Å². The SMILES string of the molecule is COC(=O)C(F)(F)CCCCC[C@@H]1[C@@H](CO)[C@H](C)C[C@@H]1C. The third-order valence-corrected chi connectivity index (χ3v) is 4.98. The molecule has 0 aromatic carbocycles. The minimum atomic E-state index is -3.36. The third kappa shape index (κ3) is 4.90. The molecule has 0 bridgehead atoms. The number of halogens is 2. The second-order valence-corrected chi connectivity index (χ2v) is 6.50. The van der Waals surface area contributed by atoms with Gasteiger partial charge in [-0.05, 0) is 42.9 Å². The molecule has 4 atom stereocenters. The van der Waals surface area contributed by atoms with Crippen LogP contribution in [0.1, 0.15) is 52.4 Å². The van der Waals surface area contributed by atoms with Crippen LogP contribution in [0.15, 0.2) is 0 Å². The molecule has 5 heteroatoms. The Morgan fingerprint density at radius 3 is 2.38 bits per heavy atom. The minimum absolute atomic E-state index is 0.219. The van der Waals surface area contributed by atoms with E-state index in [1.807, 2.05) is 0 Å². The molecule has 0 aliphatic heterocycles. The lowest BCUT2D eigenvalue weighted by Crippen LogP contribution is -2.29. The predicted molar refractivity (Wildman–Crippen MR) is 77.1 cm³/mol. The number of aliphatic hydroxyl groups excluding tert-OH is 1. The van der Waals surface area contributed by atoms with Crippen LogP contribution in [0, 0.1) is 23.7 Å². The van der Waals surface area contributed by atoms with Crippen molar-refractivity contribution in [2.24, 2.45) is 23.7 Å². The summed E-state index contributed by atoms with van der Waals surface area (Å²) in [5.74, 6) is -2.84. The second-order valence-electron chi connectivity index (χ2n) is 6.50. The average Bonchev–Trinajstić information content (AvgIpc) is 2.71. The highest BCUT2D eigenvalue weighted by Gasteiger charge is 2.39. The van der Waals surface area contributed by atoms with E-state index in [1.54, 1.807) is 0 Å². The number of rotatable bonds is 8. The summed E-state index contributed by atoms with van der Waals surface area (Å²) in [5.41, 5.74) is 0. The van der Waals surface area contributed by atoms with Crippen molar-refractivity contribution in [3.63, 3.8) is 0 Å². The van der Waals surface area contributed by atoms with E-state index in [-0.39, 0.29) is 6.61 Å². The fourth-order valence-electron chi connectivity index (χ4n) is 3.75. The molecule has 1 aliphatic carbocycles. The fraction of sp³-hybridized carbons (Fsp3) is 0.938. The summed E-state index contributed by atoms with van der Waals surface area (Å²) in [4.78, 5) is 10.9. The Kier molecular flexibility index (Phi) is 7.04. The van der Waals surface area contributed by atoms with Crippen LogP contribution in [0.2, 0.25) is 0 Å². The number of hydrogen-bond acceptors (Lipinski definition) is 3. The summed E-state index contributed by atoms with van der Waals surface area (Å²) in [6.07, 6.45) is 3.54. The van der Waals surface area contributed by atoms with Gasteiger partial charge in [0, 0.05) is 13.0 Å². The molecule has 3 nitrogen and oxygen atoms in total. The van der Waals surface area contributed by atoms with Crippen molar-refractivity contribution in [2.75, 3.05) is 13.7 Å². The number of unbranched alkanes of at least 4 members (excludes halogenated alkanes) is 2. The molecule has 0 amide bonds. The summed E-state index contributed by atoms with van der Waals surface area (Å²) in [6.45, 7) is 4.60. The quantitative estimate of drug-likeness (QED) is 0.550. The Bertz CT molecular complexity index is 333. The lowest BCUT2D eigenvalue weighted by Gasteiger charge is -2.23. The molecule has 21 heavy (non-hydrogen) atoms. The molecular formula is C16H28F2O3. The van der Waals surface area contributed by atoms with Gasteiger partial charge in [-0.1, -0.05) is 26.7 Å². The van der Waals surface area contributed by atoms with Crippen molar-refractivity contribution >= 4 is 5.97 Å². The Morgan fingerprint density at radius 1 is 1.19 bits per heavy atom. The zero-order valence-corrected chi connectivity index (χ0v) is 13.3. The van der Waals surface area contributed by atoms with Crippen molar-refractivity contribution in [3.05, 3.63) is 0 Å². The first-order chi connectivity index (χ1) is 9.83. The maximum absolute atomic E-state index is 13.3. The van der Waals surface area contributed by atoms with Crippen molar-refractivity contribution in [3.8, 4) is 0 Å². The van der Waals surface area contributed by atoms with Crippen LogP contribution in [-0.4, -0.2) is 30.7 Å². The molecule has 0 unspecified atom stereocenters. The second kappa shape index (κ2) is 8.06. The standard InChI is InChI=1S/C16H28F2O3/c1-11-9-12(2)14(10-19)13(11)7-5-4-6-8-16(17,18)15(20)21-3/h11-14,19H,4-10H2,1-3H3/t11-,12+,13-,14-/m0/s1. The van der Waals surface area contributed by atoms with E-state index in [4.69, 9.17) is 0 Å². The van der Waals surface area contributed by atoms with E-state index in [0.717, 1.165) is 26.4 Å². The molecule has 1 fully saturated rings. The lowest BCUT2D eigenvalue weighted by atomic mass is 9.84. The zero-order valence-electron chi connectivity index (χ0n) is 13.3. The van der Waals surface area contributed by atoms with Crippen molar-refractivity contribution < 1.29 is 23.4 Å². The Balaban J connectivity index is 2.27. The van der Waals surface area contributed by atoms with Gasteiger partial charge < -0.3 is 9.84 Å². The number of ether oxygens (including phenoxy) is 1. The highest BCUT2D eigenvalue weighted by Crippen LogP contribution is 2.43. The molecule has 0 radical (unpaired) electrons. The molecular weight excluding hydrogens is 278 g/mol. The van der Waals surface area contributed by atoms with E-state index >= 15 is 0 Å². The van der Waals surface area contributed by atoms with Gasteiger partial charge in [-0.25, -0.2) is 4.79 Å². The molecule has 1 saturated carbocycles. The van der Waals surface area contributed by atoms with Gasteiger partial charge in [-0.15, -0.1) is 0 Å². The summed E-state index contributed by atoms with van der Waals surface area (Å²) < 4.78 is 30.6. The van der Waals surface area contributed by atoms with Crippen molar-refractivity contribution in [1.82, 2.24) is 0 Å². The monoisotopic (exact) mass is 306 g/mol. The molecule has 1 aliphatic rings. The molecule has 0 aromatic rings. The van der Waals surface area contributed by atoms with E-state index < -0.39 is 18.3 Å². The molecule has 1 N–H and O–H groups in total. The predicted octanol–water partition coefficient (Wildman–Crippen LogP) is 3.65. The topological polar surface area (TPSA) is 46.5 Å². The normalized spacial score (nSPS) is 29.6. The van der Waals surface area contributed by atoms with Crippen LogP contribution in [0.3, 0.4) is 0 Å². The maximum atomic E-state index is 13.3. The van der Waals surface area contributed by atoms with Crippen molar-refractivity contribution in [1.29, 1.82) is 0 Å². The van der Waals surface area contributed by atoms with Crippen LogP contribution in [-0.2, 0) is 9.53 Å². The number of esters is 1. The first kappa shape index (κ1) is 18.3. The molecule has 0 saturated heterocycles. The average molecular weight is 306 g/mol. The largest absolute Gasteiger partial charge is 0.465 e. The number of alkyl halides is 2. The van der Waals surface area contributed by atoms with Gasteiger partial charge in [0.2, 0.25) is 0 Å². The number of aliphatic hydroxyl groups is 1. The molecule has 1 rings (SSSR count). The molecule has 0 heterocycles. The summed E-state index contributed by atoms with van der Waals surface area (Å²) in [5, 5.41) is 9.47. The van der Waals surface area contributed by atoms with Crippen LogP contribution >= 0.6 is 0 Å². The molecule has 0 aromatic heterocycles. The van der Waals surface area contributed by atoms with E-state index in [2.05, 4.69) is 18.6 Å². The highest BCUT2D eigenvalue weighted by molar-refractivity contribution is 5.77. The van der Waals surface area contributed by atoms with E-state index in [1.165, 1.54) is 0 Å². The van der Waals surface area contributed by atoms with Gasteiger partial charge in [0.15, 0.2) is 0 Å². The first-order valence-electron chi connectivity index (χ1n) is 7.90. The van der Waals surface area contributed by atoms with Gasteiger partial charge in [0.05, 0.1) is 7.11 Å². The first-order valence-corrected chi connectivity index (χ1v) is 7.90. The van der Waals surface area contributed by atoms with Gasteiger partial charge in [0.1, 0.15) is 0 Å². The fourth-order valence-corrected chi connectivity index (χ4v) is 3.75. The lowest BCUT2D eigenvalue weighted by molar-refractivity contribution is -0.169. The smallest absolute Gasteiger partial charge is 0.376 e. The highest BCUT2D eigenvalue weighted by atomic mass is 19.3. The Morgan fingerprint density at radius 2 is 1.81 bits per heavy atom. The summed E-state index contributed by atoms with van der Waals surface area (Å²) >= 11 is 0. The van der Waals surface area contributed by atoms with Gasteiger partial charge in [-0.3, -0.25) is 0 Å². The Hall–Kier alpha value is -0.710. The van der Waals surface area contributed by atoms with Gasteiger partial charge in [0.25, 0.3) is 0 Å². The number of carbonyl (C=O) groups is 1. The number of methoxy groups -OCH3 is 1. The van der Waals surface area contributed by atoms with Gasteiger partial charge >= 0.3 is 11.9 Å². The summed E-state index contributed by atoms with van der Waals surface area (Å²) in [6, 6.07) is 0. The van der Waals surface area contributed by atoms with E-state index in [9.17, 15) is 18.7 Å². The van der Waals surface area contributed by atoms with Crippen LogP contribution in [0.5, 0.6) is 0 Å². The van der Waals surface area contributed by atoms with Crippen LogP contribution in [0.25, 0.3) is 0 Å². The van der Waals surface area contributed by atoms with Crippen LogP contribution < -0.4 is 0 Å². The number of carbonyl (C=O) groups excluding carboxylic acids is 1. The Labute approximate surface area is 126 Å². The molecule has 124 valence electrons. The summed E-state index contributed by atoms with van der Waals surface area (Å²) in [7, 11) is 0.980. The zero-order chi connectivity index (χ0) is 16.0. The minimum Gasteiger partial charge on any atom is -0.465 e. The maximum Gasteiger partial charge on any atom is 0.376 e. The number of hydrogen-bond donors (Lipinski definition) is 1. The van der Waals surface area contributed by atoms with Gasteiger partial charge in [-0.2, -0.15) is 8.78 Å². The third-order valence-electron chi connectivity index (χ3n) is 4.98. The van der Waals surface area contributed by atoms with Crippen molar-refractivity contribution in [2.45, 2.75) is 58.3 Å².